The van der Waals surface area contributed by atoms with Crippen molar-refractivity contribution >= 4 is 31.0 Å². The smallest absolute Gasteiger partial charge is 0.399 e. The van der Waals surface area contributed by atoms with Crippen LogP contribution in [0, 0.1) is 18.3 Å². The first-order chi connectivity index (χ1) is 14.8. The maximum absolute atomic E-state index is 13.5. The third-order valence-corrected chi connectivity index (χ3v) is 6.06. The number of nitrogens with zero attached hydrogens (tertiary/aromatic N) is 1. The van der Waals surface area contributed by atoms with E-state index in [2.05, 4.69) is 6.07 Å². The predicted octanol–water partition coefficient (Wildman–Crippen LogP) is 5.17. The second-order valence-electron chi connectivity index (χ2n) is 8.76. The van der Waals surface area contributed by atoms with Gasteiger partial charge in [-0.2, -0.15) is 18.4 Å². The highest BCUT2D eigenvalue weighted by atomic mass is 19.4. The third-order valence-electron chi connectivity index (χ3n) is 6.06. The van der Waals surface area contributed by atoms with Gasteiger partial charge in [0.05, 0.1) is 28.4 Å². The molecule has 0 atom stereocenters. The van der Waals surface area contributed by atoms with Gasteiger partial charge in [0.15, 0.2) is 0 Å². The van der Waals surface area contributed by atoms with Gasteiger partial charge in [0, 0.05) is 11.0 Å². The second-order valence-corrected chi connectivity index (χ2v) is 8.76. The average molecular weight is 441 g/mol. The number of carbonyl (C=O) groups is 1. The first kappa shape index (κ1) is 23.8. The summed E-state index contributed by atoms with van der Waals surface area (Å²) >= 11 is 0. The highest BCUT2D eigenvalue weighted by Gasteiger charge is 2.52. The van der Waals surface area contributed by atoms with E-state index in [1.807, 2.05) is 27.7 Å². The van der Waals surface area contributed by atoms with Gasteiger partial charge in [-0.15, -0.1) is 0 Å². The SMILES string of the molecule is Cc1cc(/C=C/c2cccc(B3OC(C)(C)C(C)(C)O3)c2C#N)c(C(F)(F)F)cc1C=O. The highest BCUT2D eigenvalue weighted by molar-refractivity contribution is 6.63. The molecule has 0 saturated carbocycles. The lowest BCUT2D eigenvalue weighted by Gasteiger charge is -2.32. The molecule has 3 rings (SSSR count). The summed E-state index contributed by atoms with van der Waals surface area (Å²) in [5.41, 5.74) is -0.591. The maximum Gasteiger partial charge on any atom is 0.496 e. The number of halogens is 3. The molecule has 166 valence electrons. The lowest BCUT2D eigenvalue weighted by atomic mass is 9.75. The van der Waals surface area contributed by atoms with Gasteiger partial charge in [-0.1, -0.05) is 36.4 Å². The molecule has 8 heteroatoms. The molecule has 0 radical (unpaired) electrons. The van der Waals surface area contributed by atoms with Crippen molar-refractivity contribution in [3.63, 3.8) is 0 Å². The van der Waals surface area contributed by atoms with Crippen LogP contribution in [-0.4, -0.2) is 24.6 Å². The van der Waals surface area contributed by atoms with Crippen LogP contribution in [0.1, 0.15) is 65.9 Å². The van der Waals surface area contributed by atoms with Crippen molar-refractivity contribution in [3.8, 4) is 6.07 Å². The van der Waals surface area contributed by atoms with E-state index in [9.17, 15) is 23.2 Å². The number of nitriles is 1. The van der Waals surface area contributed by atoms with Crippen molar-refractivity contribution in [1.29, 1.82) is 5.26 Å². The summed E-state index contributed by atoms with van der Waals surface area (Å²) in [4.78, 5) is 11.1. The fraction of sp³-hybridized carbons (Fsp3) is 0.333. The molecule has 1 aliphatic heterocycles. The largest absolute Gasteiger partial charge is 0.496 e. The van der Waals surface area contributed by atoms with Crippen LogP contribution in [0.15, 0.2) is 30.3 Å². The molecule has 4 nitrogen and oxygen atoms in total. The second kappa shape index (κ2) is 8.23. The predicted molar refractivity (Wildman–Crippen MR) is 117 cm³/mol. The molecule has 0 amide bonds. The van der Waals surface area contributed by atoms with Gasteiger partial charge < -0.3 is 9.31 Å². The van der Waals surface area contributed by atoms with E-state index in [1.54, 1.807) is 25.1 Å². The van der Waals surface area contributed by atoms with Crippen molar-refractivity contribution in [2.45, 2.75) is 52.0 Å². The van der Waals surface area contributed by atoms with E-state index in [-0.39, 0.29) is 16.7 Å². The molecule has 0 N–H and O–H groups in total. The molecular formula is C24H23BF3NO3. The number of alkyl halides is 3. The van der Waals surface area contributed by atoms with Gasteiger partial charge >= 0.3 is 13.3 Å². The minimum Gasteiger partial charge on any atom is -0.399 e. The van der Waals surface area contributed by atoms with Crippen LogP contribution in [0.25, 0.3) is 12.2 Å². The van der Waals surface area contributed by atoms with Gasteiger partial charge in [-0.3, -0.25) is 4.79 Å². The summed E-state index contributed by atoms with van der Waals surface area (Å²) in [6.07, 6.45) is -1.47. The standard InChI is InChI=1S/C24H23BF3NO3/c1-15-11-17(20(24(26,27)28)12-18(15)14-30)10-9-16-7-6-8-21(19(16)13-29)25-31-22(2,3)23(4,5)32-25/h6-12,14H,1-5H3/b10-9+. The Morgan fingerprint density at radius 2 is 1.59 bits per heavy atom. The van der Waals surface area contributed by atoms with Crippen LogP contribution in [0.2, 0.25) is 0 Å². The zero-order valence-corrected chi connectivity index (χ0v) is 18.5. The first-order valence-corrected chi connectivity index (χ1v) is 10.0. The van der Waals surface area contributed by atoms with Gasteiger partial charge in [-0.05, 0) is 57.4 Å². The van der Waals surface area contributed by atoms with Crippen LogP contribution in [0.3, 0.4) is 0 Å². The van der Waals surface area contributed by atoms with E-state index >= 15 is 0 Å². The van der Waals surface area contributed by atoms with E-state index in [1.165, 1.54) is 18.2 Å². The molecule has 0 unspecified atom stereocenters. The van der Waals surface area contributed by atoms with Gasteiger partial charge in [0.1, 0.15) is 6.29 Å². The molecule has 2 aromatic carbocycles. The number of aldehydes is 1. The summed E-state index contributed by atoms with van der Waals surface area (Å²) < 4.78 is 52.7. The quantitative estimate of drug-likeness (QED) is 0.373. The number of rotatable bonds is 4. The van der Waals surface area contributed by atoms with E-state index in [0.717, 1.165) is 6.07 Å². The molecule has 1 heterocycles. The lowest BCUT2D eigenvalue weighted by molar-refractivity contribution is -0.137. The van der Waals surface area contributed by atoms with Crippen molar-refractivity contribution in [3.05, 3.63) is 63.7 Å². The molecule has 32 heavy (non-hydrogen) atoms. The lowest BCUT2D eigenvalue weighted by Crippen LogP contribution is -2.41. The van der Waals surface area contributed by atoms with Crippen LogP contribution in [0.5, 0.6) is 0 Å². The third kappa shape index (κ3) is 4.36. The Balaban J connectivity index is 2.05. The Kier molecular flexibility index (Phi) is 6.11. The monoisotopic (exact) mass is 441 g/mol. The number of carbonyl (C=O) groups excluding carboxylic acids is 1. The fourth-order valence-corrected chi connectivity index (χ4v) is 3.46. The fourth-order valence-electron chi connectivity index (χ4n) is 3.46. The summed E-state index contributed by atoms with van der Waals surface area (Å²) in [5.74, 6) is 0. The van der Waals surface area contributed by atoms with Crippen LogP contribution in [0.4, 0.5) is 13.2 Å². The van der Waals surface area contributed by atoms with Crippen molar-refractivity contribution in [1.82, 2.24) is 0 Å². The van der Waals surface area contributed by atoms with Crippen molar-refractivity contribution in [2.75, 3.05) is 0 Å². The highest BCUT2D eigenvalue weighted by Crippen LogP contribution is 2.37. The Morgan fingerprint density at radius 1 is 1.00 bits per heavy atom. The molecule has 0 aromatic heterocycles. The Morgan fingerprint density at radius 3 is 2.12 bits per heavy atom. The molecule has 0 bridgehead atoms. The number of aryl methyl sites for hydroxylation is 1. The molecular weight excluding hydrogens is 418 g/mol. The number of hydrogen-bond acceptors (Lipinski definition) is 4. The maximum atomic E-state index is 13.5. The normalized spacial score (nSPS) is 17.5. The van der Waals surface area contributed by atoms with Crippen molar-refractivity contribution < 1.29 is 27.3 Å². The molecule has 1 aliphatic rings. The Bertz CT molecular complexity index is 1110. The summed E-state index contributed by atoms with van der Waals surface area (Å²) in [5, 5.41) is 9.80. The molecule has 1 saturated heterocycles. The summed E-state index contributed by atoms with van der Waals surface area (Å²) in [7, 11) is -0.775. The Labute approximate surface area is 185 Å². The molecule has 2 aromatic rings. The minimum absolute atomic E-state index is 0.0186. The molecule has 0 aliphatic carbocycles. The zero-order chi connectivity index (χ0) is 23.9. The van der Waals surface area contributed by atoms with E-state index in [0.29, 0.717) is 22.9 Å². The summed E-state index contributed by atoms with van der Waals surface area (Å²) in [6, 6.07) is 9.33. The van der Waals surface area contributed by atoms with Gasteiger partial charge in [0.25, 0.3) is 0 Å². The van der Waals surface area contributed by atoms with Crippen LogP contribution < -0.4 is 5.46 Å². The average Bonchev–Trinajstić information content (AvgIpc) is 2.92. The molecule has 1 fully saturated rings. The van der Waals surface area contributed by atoms with Crippen LogP contribution in [-0.2, 0) is 15.5 Å². The minimum atomic E-state index is -4.63. The topological polar surface area (TPSA) is 59.3 Å². The van der Waals surface area contributed by atoms with E-state index < -0.39 is 30.1 Å². The first-order valence-electron chi connectivity index (χ1n) is 10.0. The summed E-state index contributed by atoms with van der Waals surface area (Å²) in [6.45, 7) is 9.15. The Hall–Kier alpha value is -2.89. The number of benzene rings is 2. The van der Waals surface area contributed by atoms with Crippen molar-refractivity contribution in [2.24, 2.45) is 0 Å². The zero-order valence-electron chi connectivity index (χ0n) is 18.5. The molecule has 0 spiro atoms. The number of hydrogen-bond donors (Lipinski definition) is 0. The van der Waals surface area contributed by atoms with Gasteiger partial charge in [-0.25, -0.2) is 0 Å². The van der Waals surface area contributed by atoms with E-state index in [4.69, 9.17) is 9.31 Å². The van der Waals surface area contributed by atoms with Crippen LogP contribution >= 0.6 is 0 Å². The van der Waals surface area contributed by atoms with Gasteiger partial charge in [0.2, 0.25) is 0 Å².